The fraction of sp³-hybridized carbons (Fsp3) is 0.500. The van der Waals surface area contributed by atoms with Gasteiger partial charge in [0.15, 0.2) is 0 Å². The monoisotopic (exact) mass is 295 g/mol. The first kappa shape index (κ1) is 12.3. The van der Waals surface area contributed by atoms with E-state index in [4.69, 9.17) is 10.00 Å². The number of nitrogens with zero attached hydrogens (tertiary/aromatic N) is 3. The average molecular weight is 296 g/mol. The van der Waals surface area contributed by atoms with Gasteiger partial charge in [-0.15, -0.1) is 0 Å². The van der Waals surface area contributed by atoms with Gasteiger partial charge in [0.2, 0.25) is 0 Å². The average Bonchev–Trinajstić information content (AvgIpc) is 2.27. The summed E-state index contributed by atoms with van der Waals surface area (Å²) in [5.74, 6) is 0.743. The van der Waals surface area contributed by atoms with Crippen molar-refractivity contribution in [2.75, 3.05) is 24.6 Å². The summed E-state index contributed by atoms with van der Waals surface area (Å²) in [5, 5.41) is 9.13. The molecule has 0 radical (unpaired) electrons. The van der Waals surface area contributed by atoms with Crippen molar-refractivity contribution in [2.24, 2.45) is 0 Å². The molecule has 1 saturated heterocycles. The number of ether oxygens (including phenoxy) is 1. The summed E-state index contributed by atoms with van der Waals surface area (Å²) in [6.45, 7) is 6.27. The van der Waals surface area contributed by atoms with Crippen molar-refractivity contribution in [3.05, 3.63) is 22.3 Å². The highest BCUT2D eigenvalue weighted by Gasteiger charge is 2.29. The van der Waals surface area contributed by atoms with Crippen LogP contribution in [0.4, 0.5) is 5.82 Å². The van der Waals surface area contributed by atoms with Crippen LogP contribution in [0.5, 0.6) is 0 Å². The molecule has 1 aromatic heterocycles. The fourth-order valence-corrected chi connectivity index (χ4v) is 2.29. The molecule has 0 atom stereocenters. The van der Waals surface area contributed by atoms with Gasteiger partial charge >= 0.3 is 0 Å². The molecule has 1 fully saturated rings. The van der Waals surface area contributed by atoms with Crippen LogP contribution >= 0.6 is 15.9 Å². The van der Waals surface area contributed by atoms with Crippen LogP contribution in [0, 0.1) is 11.3 Å². The summed E-state index contributed by atoms with van der Waals surface area (Å²) < 4.78 is 6.48. The molecule has 0 bridgehead atoms. The third-order valence-corrected chi connectivity index (χ3v) is 3.11. The number of anilines is 1. The number of aromatic nitrogens is 1. The Balaban J connectivity index is 2.31. The lowest BCUT2D eigenvalue weighted by Gasteiger charge is -2.39. The highest BCUT2D eigenvalue weighted by atomic mass is 79.9. The van der Waals surface area contributed by atoms with Crippen molar-refractivity contribution in [3.63, 3.8) is 0 Å². The molecule has 0 aliphatic carbocycles. The summed E-state index contributed by atoms with van der Waals surface area (Å²) in [5.41, 5.74) is 0.400. The van der Waals surface area contributed by atoms with Crippen LogP contribution in [-0.2, 0) is 4.74 Å². The zero-order valence-electron chi connectivity index (χ0n) is 9.90. The van der Waals surface area contributed by atoms with Gasteiger partial charge in [0.05, 0.1) is 17.8 Å². The van der Waals surface area contributed by atoms with Crippen molar-refractivity contribution in [1.29, 1.82) is 5.26 Å². The summed E-state index contributed by atoms with van der Waals surface area (Å²) in [4.78, 5) is 6.44. The number of morpholine rings is 1. The van der Waals surface area contributed by atoms with Crippen molar-refractivity contribution in [3.8, 4) is 6.07 Å². The zero-order valence-corrected chi connectivity index (χ0v) is 11.5. The fourth-order valence-electron chi connectivity index (χ4n) is 1.96. The Morgan fingerprint density at radius 1 is 1.59 bits per heavy atom. The highest BCUT2D eigenvalue weighted by molar-refractivity contribution is 9.10. The van der Waals surface area contributed by atoms with Crippen LogP contribution in [0.3, 0.4) is 0 Å². The van der Waals surface area contributed by atoms with Gasteiger partial charge in [0, 0.05) is 23.8 Å². The lowest BCUT2D eigenvalue weighted by Crippen LogP contribution is -2.48. The van der Waals surface area contributed by atoms with Gasteiger partial charge in [-0.3, -0.25) is 0 Å². The van der Waals surface area contributed by atoms with E-state index in [0.717, 1.165) is 23.4 Å². The maximum absolute atomic E-state index is 9.13. The Kier molecular flexibility index (Phi) is 3.36. The first-order valence-corrected chi connectivity index (χ1v) is 6.26. The Hall–Kier alpha value is -1.12. The normalized spacial score (nSPS) is 18.8. The standard InChI is InChI=1S/C12H14BrN3O/c1-12(2)8-16(3-4-17-12)11-9(6-14)5-10(13)7-15-11/h5,7H,3-4,8H2,1-2H3. The molecule has 1 aliphatic heterocycles. The van der Waals surface area contributed by atoms with Gasteiger partial charge in [0.1, 0.15) is 11.9 Å². The van der Waals surface area contributed by atoms with Gasteiger partial charge in [0.25, 0.3) is 0 Å². The van der Waals surface area contributed by atoms with E-state index in [0.29, 0.717) is 12.2 Å². The number of hydrogen-bond donors (Lipinski definition) is 0. The summed E-state index contributed by atoms with van der Waals surface area (Å²) >= 11 is 3.33. The largest absolute Gasteiger partial charge is 0.372 e. The predicted molar refractivity (Wildman–Crippen MR) is 68.9 cm³/mol. The molecular weight excluding hydrogens is 282 g/mol. The molecule has 0 spiro atoms. The molecule has 2 rings (SSSR count). The second kappa shape index (κ2) is 4.63. The molecule has 1 aliphatic rings. The van der Waals surface area contributed by atoms with Gasteiger partial charge < -0.3 is 9.64 Å². The Morgan fingerprint density at radius 2 is 2.35 bits per heavy atom. The number of halogens is 1. The van der Waals surface area contributed by atoms with Gasteiger partial charge in [-0.25, -0.2) is 4.98 Å². The van der Waals surface area contributed by atoms with Gasteiger partial charge in [-0.2, -0.15) is 5.26 Å². The van der Waals surface area contributed by atoms with Crippen LogP contribution in [0.2, 0.25) is 0 Å². The highest BCUT2D eigenvalue weighted by Crippen LogP contribution is 2.25. The number of nitriles is 1. The van der Waals surface area contributed by atoms with Crippen molar-refractivity contribution in [1.82, 2.24) is 4.98 Å². The van der Waals surface area contributed by atoms with Gasteiger partial charge in [-0.1, -0.05) is 0 Å². The van der Waals surface area contributed by atoms with E-state index in [1.54, 1.807) is 12.3 Å². The summed E-state index contributed by atoms with van der Waals surface area (Å²) in [6, 6.07) is 3.98. The predicted octanol–water partition coefficient (Wildman–Crippen LogP) is 2.33. The third kappa shape index (κ3) is 2.76. The second-order valence-electron chi connectivity index (χ2n) is 4.67. The third-order valence-electron chi connectivity index (χ3n) is 2.68. The molecule has 1 aromatic rings. The Morgan fingerprint density at radius 3 is 3.00 bits per heavy atom. The smallest absolute Gasteiger partial charge is 0.146 e. The van der Waals surface area contributed by atoms with Crippen molar-refractivity contribution in [2.45, 2.75) is 19.4 Å². The SMILES string of the molecule is CC1(C)CN(c2ncc(Br)cc2C#N)CCO1. The van der Waals surface area contributed by atoms with Crippen LogP contribution in [0.1, 0.15) is 19.4 Å². The minimum Gasteiger partial charge on any atom is -0.372 e. The Bertz CT molecular complexity index is 467. The van der Waals surface area contributed by atoms with Crippen LogP contribution in [0.25, 0.3) is 0 Å². The molecule has 0 unspecified atom stereocenters. The Labute approximate surface area is 109 Å². The van der Waals surface area contributed by atoms with Crippen LogP contribution < -0.4 is 4.90 Å². The quantitative estimate of drug-likeness (QED) is 0.798. The summed E-state index contributed by atoms with van der Waals surface area (Å²) in [7, 11) is 0. The minimum atomic E-state index is -0.195. The maximum Gasteiger partial charge on any atom is 0.146 e. The van der Waals surface area contributed by atoms with E-state index in [-0.39, 0.29) is 5.60 Å². The lowest BCUT2D eigenvalue weighted by molar-refractivity contribution is -0.0279. The molecular formula is C12H14BrN3O. The maximum atomic E-state index is 9.13. The summed E-state index contributed by atoms with van der Waals surface area (Å²) in [6.07, 6.45) is 1.72. The molecule has 5 heteroatoms. The zero-order chi connectivity index (χ0) is 12.5. The van der Waals surface area contributed by atoms with E-state index in [2.05, 4.69) is 31.9 Å². The van der Waals surface area contributed by atoms with Gasteiger partial charge in [-0.05, 0) is 35.8 Å². The lowest BCUT2D eigenvalue weighted by atomic mass is 10.1. The van der Waals surface area contributed by atoms with E-state index in [1.165, 1.54) is 0 Å². The molecule has 2 heterocycles. The number of hydrogen-bond acceptors (Lipinski definition) is 4. The van der Waals surface area contributed by atoms with E-state index >= 15 is 0 Å². The van der Waals surface area contributed by atoms with E-state index in [1.807, 2.05) is 13.8 Å². The van der Waals surface area contributed by atoms with E-state index < -0.39 is 0 Å². The molecule has 4 nitrogen and oxygen atoms in total. The first-order valence-electron chi connectivity index (χ1n) is 5.46. The molecule has 0 aromatic carbocycles. The molecule has 0 saturated carbocycles. The van der Waals surface area contributed by atoms with Crippen LogP contribution in [0.15, 0.2) is 16.7 Å². The van der Waals surface area contributed by atoms with E-state index in [9.17, 15) is 0 Å². The first-order chi connectivity index (χ1) is 8.02. The van der Waals surface area contributed by atoms with Crippen molar-refractivity contribution < 1.29 is 4.74 Å². The number of rotatable bonds is 1. The molecule has 17 heavy (non-hydrogen) atoms. The molecule has 0 amide bonds. The minimum absolute atomic E-state index is 0.195. The molecule has 90 valence electrons. The topological polar surface area (TPSA) is 49.2 Å². The number of pyridine rings is 1. The van der Waals surface area contributed by atoms with Crippen LogP contribution in [-0.4, -0.2) is 30.3 Å². The van der Waals surface area contributed by atoms with Crippen molar-refractivity contribution >= 4 is 21.7 Å². The molecule has 0 N–H and O–H groups in total. The second-order valence-corrected chi connectivity index (χ2v) is 5.58.